The van der Waals surface area contributed by atoms with Crippen molar-refractivity contribution in [2.75, 3.05) is 0 Å². The second-order valence-corrected chi connectivity index (χ2v) is 6.83. The molecule has 0 saturated carbocycles. The van der Waals surface area contributed by atoms with Crippen molar-refractivity contribution in [3.8, 4) is 5.69 Å². The van der Waals surface area contributed by atoms with E-state index in [4.69, 9.17) is 20.8 Å². The van der Waals surface area contributed by atoms with Gasteiger partial charge in [0.25, 0.3) is 0 Å². The number of oxazole rings is 1. The zero-order valence-electron chi connectivity index (χ0n) is 14.9. The molecule has 1 aliphatic rings. The summed E-state index contributed by atoms with van der Waals surface area (Å²) in [5, 5.41) is 8.70. The molecule has 140 valence electrons. The number of rotatable bonds is 5. The van der Waals surface area contributed by atoms with Crippen LogP contribution in [0.5, 0.6) is 0 Å². The van der Waals surface area contributed by atoms with Crippen LogP contribution in [0.15, 0.2) is 28.7 Å². The van der Waals surface area contributed by atoms with Gasteiger partial charge in [0.05, 0.1) is 17.1 Å². The summed E-state index contributed by atoms with van der Waals surface area (Å²) >= 11 is 6.05. The number of ether oxygens (including phenoxy) is 1. The number of hydrogen-bond acceptors (Lipinski definition) is 6. The van der Waals surface area contributed by atoms with Crippen molar-refractivity contribution in [1.29, 1.82) is 0 Å². The Labute approximate surface area is 161 Å². The van der Waals surface area contributed by atoms with Crippen LogP contribution in [-0.2, 0) is 30.6 Å². The van der Waals surface area contributed by atoms with Crippen molar-refractivity contribution >= 4 is 17.6 Å². The Bertz CT molecular complexity index is 956. The van der Waals surface area contributed by atoms with Crippen LogP contribution in [0.25, 0.3) is 5.69 Å². The van der Waals surface area contributed by atoms with E-state index in [2.05, 4.69) is 15.3 Å². The standard InChI is InChI=1S/C19H19ClN4O3/c1-2-15-18(22-23-24(15)13-7-5-6-12(20)10-13)19(25)26-11-17-21-14-8-3-4-9-16(14)27-17/h5-7,10H,2-4,8-9,11H2,1H3. The monoisotopic (exact) mass is 386 g/mol. The Hall–Kier alpha value is -2.67. The van der Waals surface area contributed by atoms with E-state index in [1.807, 2.05) is 19.1 Å². The molecule has 27 heavy (non-hydrogen) atoms. The van der Waals surface area contributed by atoms with E-state index in [1.54, 1.807) is 16.8 Å². The van der Waals surface area contributed by atoms with Crippen LogP contribution in [0.2, 0.25) is 5.02 Å². The molecule has 0 N–H and O–H groups in total. The number of hydrogen-bond donors (Lipinski definition) is 0. The molecular formula is C19H19ClN4O3. The first kappa shape index (κ1) is 17.7. The molecule has 0 unspecified atom stereocenters. The maximum absolute atomic E-state index is 12.5. The number of benzene rings is 1. The van der Waals surface area contributed by atoms with Gasteiger partial charge in [-0.3, -0.25) is 0 Å². The highest BCUT2D eigenvalue weighted by Crippen LogP contribution is 2.22. The Morgan fingerprint density at radius 1 is 1.33 bits per heavy atom. The lowest BCUT2D eigenvalue weighted by atomic mass is 10.0. The zero-order valence-corrected chi connectivity index (χ0v) is 15.7. The second kappa shape index (κ2) is 7.52. The fraction of sp³-hybridized carbons (Fsp3) is 0.368. The maximum atomic E-state index is 12.5. The molecule has 7 nitrogen and oxygen atoms in total. The van der Waals surface area contributed by atoms with Crippen LogP contribution in [-0.4, -0.2) is 25.9 Å². The molecule has 0 spiro atoms. The summed E-state index contributed by atoms with van der Waals surface area (Å²) in [5.41, 5.74) is 2.57. The Balaban J connectivity index is 1.51. The summed E-state index contributed by atoms with van der Waals surface area (Å²) in [7, 11) is 0. The Kier molecular flexibility index (Phi) is 4.94. The molecule has 2 aromatic heterocycles. The van der Waals surface area contributed by atoms with Crippen molar-refractivity contribution in [3.05, 3.63) is 58.0 Å². The molecule has 0 amide bonds. The predicted octanol–water partition coefficient (Wildman–Crippen LogP) is 3.71. The summed E-state index contributed by atoms with van der Waals surface area (Å²) in [5.74, 6) is 0.792. The number of esters is 1. The first-order valence-corrected chi connectivity index (χ1v) is 9.38. The van der Waals surface area contributed by atoms with Crippen molar-refractivity contribution in [1.82, 2.24) is 20.0 Å². The fourth-order valence-corrected chi connectivity index (χ4v) is 3.44. The highest BCUT2D eigenvalue weighted by molar-refractivity contribution is 6.30. The minimum Gasteiger partial charge on any atom is -0.451 e. The van der Waals surface area contributed by atoms with Gasteiger partial charge in [-0.15, -0.1) is 5.10 Å². The minimum atomic E-state index is -0.545. The van der Waals surface area contributed by atoms with E-state index in [1.165, 1.54) is 0 Å². The number of halogens is 1. The van der Waals surface area contributed by atoms with Gasteiger partial charge in [-0.2, -0.15) is 0 Å². The summed E-state index contributed by atoms with van der Waals surface area (Å²) in [6.07, 6.45) is 4.60. The SMILES string of the molecule is CCc1c(C(=O)OCc2nc3c(o2)CCCC3)nnn1-c1cccc(Cl)c1. The smallest absolute Gasteiger partial charge is 0.361 e. The molecule has 0 fully saturated rings. The summed E-state index contributed by atoms with van der Waals surface area (Å²) in [6.45, 7) is 1.91. The molecule has 0 aliphatic heterocycles. The van der Waals surface area contributed by atoms with Crippen molar-refractivity contribution in [3.63, 3.8) is 0 Å². The largest absolute Gasteiger partial charge is 0.451 e. The van der Waals surface area contributed by atoms with Crippen molar-refractivity contribution in [2.45, 2.75) is 45.6 Å². The lowest BCUT2D eigenvalue weighted by Gasteiger charge is -2.06. The molecule has 0 saturated heterocycles. The van der Waals surface area contributed by atoms with Gasteiger partial charge in [-0.25, -0.2) is 14.5 Å². The van der Waals surface area contributed by atoms with Crippen LogP contribution < -0.4 is 0 Å². The second-order valence-electron chi connectivity index (χ2n) is 6.39. The summed E-state index contributed by atoms with van der Waals surface area (Å²) in [6, 6.07) is 7.22. The van der Waals surface area contributed by atoms with Gasteiger partial charge in [0.2, 0.25) is 5.89 Å². The number of aryl methyl sites for hydroxylation is 2. The third-order valence-electron chi connectivity index (χ3n) is 4.56. The van der Waals surface area contributed by atoms with E-state index >= 15 is 0 Å². The first-order valence-electron chi connectivity index (χ1n) is 9.00. The van der Waals surface area contributed by atoms with Crippen LogP contribution in [0.1, 0.15) is 53.3 Å². The third-order valence-corrected chi connectivity index (χ3v) is 4.80. The van der Waals surface area contributed by atoms with Crippen molar-refractivity contribution < 1.29 is 13.9 Å². The molecular weight excluding hydrogens is 368 g/mol. The molecule has 3 aromatic rings. The molecule has 0 bridgehead atoms. The van der Waals surface area contributed by atoms with Crippen LogP contribution in [0, 0.1) is 0 Å². The molecule has 2 heterocycles. The van der Waals surface area contributed by atoms with E-state index in [0.29, 0.717) is 23.0 Å². The van der Waals surface area contributed by atoms with Crippen LogP contribution in [0.4, 0.5) is 0 Å². The van der Waals surface area contributed by atoms with Gasteiger partial charge < -0.3 is 9.15 Å². The van der Waals surface area contributed by atoms with Gasteiger partial charge in [-0.05, 0) is 43.9 Å². The quantitative estimate of drug-likeness (QED) is 0.621. The predicted molar refractivity (Wildman–Crippen MR) is 98.0 cm³/mol. The third kappa shape index (κ3) is 3.60. The van der Waals surface area contributed by atoms with Crippen LogP contribution >= 0.6 is 11.6 Å². The number of nitrogens with zero attached hydrogens (tertiary/aromatic N) is 4. The summed E-state index contributed by atoms with van der Waals surface area (Å²) in [4.78, 5) is 16.9. The molecule has 1 aliphatic carbocycles. The van der Waals surface area contributed by atoms with Gasteiger partial charge in [0.15, 0.2) is 12.3 Å². The molecule has 0 atom stereocenters. The van der Waals surface area contributed by atoms with Gasteiger partial charge >= 0.3 is 5.97 Å². The van der Waals surface area contributed by atoms with E-state index in [0.717, 1.165) is 42.8 Å². The zero-order chi connectivity index (χ0) is 18.8. The lowest BCUT2D eigenvalue weighted by Crippen LogP contribution is -2.10. The minimum absolute atomic E-state index is 0.0149. The molecule has 1 aromatic carbocycles. The normalized spacial score (nSPS) is 13.4. The van der Waals surface area contributed by atoms with E-state index in [9.17, 15) is 4.79 Å². The number of fused-ring (bicyclic) bond motifs is 1. The Morgan fingerprint density at radius 3 is 2.96 bits per heavy atom. The topological polar surface area (TPSA) is 83.0 Å². The first-order chi connectivity index (χ1) is 13.2. The average Bonchev–Trinajstić information content (AvgIpc) is 3.29. The highest BCUT2D eigenvalue weighted by Gasteiger charge is 2.22. The van der Waals surface area contributed by atoms with Crippen molar-refractivity contribution in [2.24, 2.45) is 0 Å². The van der Waals surface area contributed by atoms with Gasteiger partial charge in [0, 0.05) is 11.4 Å². The molecule has 4 rings (SSSR count). The lowest BCUT2D eigenvalue weighted by molar-refractivity contribution is 0.0428. The molecule has 8 heteroatoms. The maximum Gasteiger partial charge on any atom is 0.361 e. The average molecular weight is 387 g/mol. The summed E-state index contributed by atoms with van der Waals surface area (Å²) < 4.78 is 12.7. The number of carbonyl (C=O) groups is 1. The highest BCUT2D eigenvalue weighted by atomic mass is 35.5. The van der Waals surface area contributed by atoms with Gasteiger partial charge in [0.1, 0.15) is 5.76 Å². The fourth-order valence-electron chi connectivity index (χ4n) is 3.26. The Morgan fingerprint density at radius 2 is 2.19 bits per heavy atom. The number of carbonyl (C=O) groups excluding carboxylic acids is 1. The number of aromatic nitrogens is 4. The van der Waals surface area contributed by atoms with E-state index in [-0.39, 0.29) is 12.3 Å². The van der Waals surface area contributed by atoms with E-state index < -0.39 is 5.97 Å². The van der Waals surface area contributed by atoms with Crippen LogP contribution in [0.3, 0.4) is 0 Å². The molecule has 0 radical (unpaired) electrons. The van der Waals surface area contributed by atoms with Gasteiger partial charge in [-0.1, -0.05) is 29.8 Å².